The molecule has 0 saturated carbocycles. The van der Waals surface area contributed by atoms with Gasteiger partial charge < -0.3 is 0 Å². The highest BCUT2D eigenvalue weighted by Gasteiger charge is 2.41. The van der Waals surface area contributed by atoms with Crippen molar-refractivity contribution in [2.75, 3.05) is 6.61 Å². The van der Waals surface area contributed by atoms with Crippen LogP contribution in [0.4, 0.5) is 39.5 Å². The Kier molecular flexibility index (Phi) is 8.59. The third-order valence-electron chi connectivity index (χ3n) is 1.52. The van der Waals surface area contributed by atoms with Crippen molar-refractivity contribution in [2.45, 2.75) is 38.2 Å². The van der Waals surface area contributed by atoms with Crippen LogP contribution in [0.1, 0.15) is 0 Å². The summed E-state index contributed by atoms with van der Waals surface area (Å²) in [5, 5.41) is 0. The Morgan fingerprint density at radius 1 is 0.714 bits per heavy atom. The van der Waals surface area contributed by atoms with Gasteiger partial charge in [-0.2, -0.15) is 0 Å². The molecule has 0 saturated heterocycles. The summed E-state index contributed by atoms with van der Waals surface area (Å²) >= 11 is 0. The third-order valence-corrected chi connectivity index (χ3v) is 2.91. The Morgan fingerprint density at radius 2 is 1.10 bits per heavy atom. The van der Waals surface area contributed by atoms with Crippen molar-refractivity contribution in [1.82, 2.24) is 0 Å². The molecule has 14 heteroatoms. The van der Waals surface area contributed by atoms with Crippen molar-refractivity contribution in [3.63, 3.8) is 0 Å². The van der Waals surface area contributed by atoms with Crippen LogP contribution in [0.5, 0.6) is 0 Å². The van der Waals surface area contributed by atoms with Gasteiger partial charge in [0, 0.05) is 0 Å². The van der Waals surface area contributed by atoms with Crippen LogP contribution in [0.3, 0.4) is 0 Å². The molecule has 3 unspecified atom stereocenters. The monoisotopic (exact) mass is 358 g/mol. The van der Waals surface area contributed by atoms with Crippen LogP contribution in [0.25, 0.3) is 0 Å². The molecule has 0 spiro atoms. The second kappa shape index (κ2) is 8.81. The minimum atomic E-state index is -5.82. The predicted molar refractivity (Wildman–Crippen MR) is 48.4 cm³/mol. The molecule has 0 aromatic heterocycles. The molecule has 21 heavy (non-hydrogen) atoms. The molecule has 0 aliphatic heterocycles. The quantitative estimate of drug-likeness (QED) is 0.439. The number of phosphoric acid groups is 1. The van der Waals surface area contributed by atoms with Crippen LogP contribution in [-0.4, -0.2) is 44.8 Å². The molecule has 0 bridgehead atoms. The van der Waals surface area contributed by atoms with Gasteiger partial charge in [-0.1, -0.05) is 0 Å². The van der Waals surface area contributed by atoms with Crippen LogP contribution in [0.2, 0.25) is 0 Å². The lowest BCUT2D eigenvalue weighted by molar-refractivity contribution is -0.123. The third kappa shape index (κ3) is 7.88. The first-order valence-electron chi connectivity index (χ1n) is 4.86. The first kappa shape index (κ1) is 20.5. The molecule has 0 aromatic carbocycles. The molecule has 0 radical (unpaired) electrons. The Labute approximate surface area is 111 Å². The fourth-order valence-corrected chi connectivity index (χ4v) is 1.83. The van der Waals surface area contributed by atoms with E-state index in [1.807, 2.05) is 0 Å². The molecule has 0 aliphatic rings. The fraction of sp³-hybridized carbons (Fsp3) is 1.00. The summed E-state index contributed by atoms with van der Waals surface area (Å²) in [6, 6.07) is 0. The lowest BCUT2D eigenvalue weighted by Crippen LogP contribution is -2.24. The first-order valence-corrected chi connectivity index (χ1v) is 6.32. The molecule has 0 N–H and O–H groups in total. The van der Waals surface area contributed by atoms with E-state index in [0.717, 1.165) is 0 Å². The average molecular weight is 358 g/mol. The zero-order chi connectivity index (χ0) is 16.8. The van der Waals surface area contributed by atoms with Crippen molar-refractivity contribution >= 4 is 7.82 Å². The first-order chi connectivity index (χ1) is 9.48. The topological polar surface area (TPSA) is 44.8 Å². The van der Waals surface area contributed by atoms with Gasteiger partial charge in [-0.05, 0) is 0 Å². The Hall–Kier alpha value is -0.520. The summed E-state index contributed by atoms with van der Waals surface area (Å²) in [6.07, 6.45) is -22.2. The zero-order valence-corrected chi connectivity index (χ0v) is 10.5. The zero-order valence-electron chi connectivity index (χ0n) is 9.65. The summed E-state index contributed by atoms with van der Waals surface area (Å²) in [7, 11) is -5.82. The number of phosphoric ester groups is 1. The van der Waals surface area contributed by atoms with Crippen molar-refractivity contribution < 1.29 is 57.7 Å². The van der Waals surface area contributed by atoms with Crippen molar-refractivity contribution in [3.05, 3.63) is 0 Å². The van der Waals surface area contributed by atoms with Crippen LogP contribution >= 0.6 is 7.82 Å². The predicted octanol–water partition coefficient (Wildman–Crippen LogP) is 3.87. The van der Waals surface area contributed by atoms with Crippen LogP contribution in [0, 0.1) is 0 Å². The maximum atomic E-state index is 12.5. The van der Waals surface area contributed by atoms with E-state index >= 15 is 0 Å². The van der Waals surface area contributed by atoms with E-state index in [1.165, 1.54) is 0 Å². The van der Waals surface area contributed by atoms with Crippen molar-refractivity contribution in [3.8, 4) is 0 Å². The molecule has 4 nitrogen and oxygen atoms in total. The molecule has 0 rings (SSSR count). The molecule has 128 valence electrons. The molecule has 0 aliphatic carbocycles. The molecular weight excluding hydrogens is 350 g/mol. The normalized spacial score (nSPS) is 19.8. The largest absolute Gasteiger partial charge is 0.480 e. The maximum Gasteiger partial charge on any atom is 0.480 e. The second-order valence-electron chi connectivity index (χ2n) is 3.18. The highest BCUT2D eigenvalue weighted by atomic mass is 31.2. The fourth-order valence-electron chi connectivity index (χ4n) is 0.660. The van der Waals surface area contributed by atoms with E-state index in [-0.39, 0.29) is 0 Å². The smallest absolute Gasteiger partial charge is 0.283 e. The number of halogens is 9. The van der Waals surface area contributed by atoms with Gasteiger partial charge in [-0.15, -0.1) is 0 Å². The molecule has 0 fully saturated rings. The number of rotatable bonds is 10. The summed E-state index contributed by atoms with van der Waals surface area (Å²) in [6.45, 7) is -1.86. The summed E-state index contributed by atoms with van der Waals surface area (Å²) in [5.41, 5.74) is 0. The molecule has 0 amide bonds. The highest BCUT2D eigenvalue weighted by Crippen LogP contribution is 2.53. The highest BCUT2D eigenvalue weighted by molar-refractivity contribution is 7.48. The van der Waals surface area contributed by atoms with E-state index in [2.05, 4.69) is 13.6 Å². The van der Waals surface area contributed by atoms with Gasteiger partial charge in [0.1, 0.15) is 0 Å². The molecule has 3 atom stereocenters. The summed E-state index contributed by atoms with van der Waals surface area (Å²) in [5.74, 6) is 0. The van der Waals surface area contributed by atoms with Crippen molar-refractivity contribution in [2.24, 2.45) is 0 Å². The van der Waals surface area contributed by atoms with E-state index in [1.54, 1.807) is 0 Å². The van der Waals surface area contributed by atoms with Crippen LogP contribution in [0.15, 0.2) is 0 Å². The standard InChI is InChI=1S/C7H8F9O4P/c8-2(3(9)10)1-18-21(17,19-6(15)4(11)12)20-7(16)5(13)14/h2-7H,1H2. The summed E-state index contributed by atoms with van der Waals surface area (Å²) < 4.78 is 130. The van der Waals surface area contributed by atoms with Gasteiger partial charge in [0.2, 0.25) is 0 Å². The SMILES string of the molecule is O=P(OCC(F)C(F)F)(OC(F)C(F)F)OC(F)C(F)F. The number of alkyl halides is 9. The molecular formula is C7H8F9O4P. The van der Waals surface area contributed by atoms with E-state index in [4.69, 9.17) is 0 Å². The molecule has 0 heterocycles. The average Bonchev–Trinajstić information content (AvgIpc) is 2.35. The van der Waals surface area contributed by atoms with Gasteiger partial charge in [0.05, 0.1) is 6.61 Å². The van der Waals surface area contributed by atoms with Crippen molar-refractivity contribution in [1.29, 1.82) is 0 Å². The minimum Gasteiger partial charge on any atom is -0.283 e. The van der Waals surface area contributed by atoms with Gasteiger partial charge in [-0.25, -0.2) is 53.1 Å². The number of hydrogen-bond acceptors (Lipinski definition) is 4. The molecule has 0 aromatic rings. The lowest BCUT2D eigenvalue weighted by atomic mass is 10.4. The van der Waals surface area contributed by atoms with Gasteiger partial charge >= 0.3 is 7.82 Å². The second-order valence-corrected chi connectivity index (χ2v) is 4.75. The minimum absolute atomic E-state index is 1.86. The Balaban J connectivity index is 4.86. The maximum absolute atomic E-state index is 12.5. The van der Waals surface area contributed by atoms with Crippen LogP contribution in [-0.2, 0) is 18.1 Å². The summed E-state index contributed by atoms with van der Waals surface area (Å²) in [4.78, 5) is 0. The Bertz CT molecular complexity index is 324. The van der Waals surface area contributed by atoms with Crippen LogP contribution < -0.4 is 0 Å². The van der Waals surface area contributed by atoms with Gasteiger partial charge in [0.15, 0.2) is 6.17 Å². The number of hydrogen-bond donors (Lipinski definition) is 0. The van der Waals surface area contributed by atoms with Gasteiger partial charge in [0.25, 0.3) is 32.0 Å². The van der Waals surface area contributed by atoms with E-state index in [0.29, 0.717) is 0 Å². The Morgan fingerprint density at radius 3 is 1.38 bits per heavy atom. The lowest BCUT2D eigenvalue weighted by Gasteiger charge is -2.21. The van der Waals surface area contributed by atoms with E-state index in [9.17, 15) is 44.1 Å². The van der Waals surface area contributed by atoms with Gasteiger partial charge in [-0.3, -0.25) is 4.52 Å². The van der Waals surface area contributed by atoms with E-state index < -0.39 is 52.6 Å².